The minimum absolute atomic E-state index is 0.124. The van der Waals surface area contributed by atoms with Gasteiger partial charge in [0.05, 0.1) is 0 Å². The van der Waals surface area contributed by atoms with E-state index >= 15 is 0 Å². The fourth-order valence-electron chi connectivity index (χ4n) is 2.99. The number of carbonyl (C=O) groups is 2. The first-order valence-corrected chi connectivity index (χ1v) is 9.24. The highest BCUT2D eigenvalue weighted by molar-refractivity contribution is 7.12. The summed E-state index contributed by atoms with van der Waals surface area (Å²) < 4.78 is 5.33. The van der Waals surface area contributed by atoms with Gasteiger partial charge in [0.15, 0.2) is 0 Å². The number of Topliss-reactive ketones (excluding diaryl/α,β-unsaturated/α-hetero) is 1. The van der Waals surface area contributed by atoms with E-state index in [1.165, 1.54) is 15.3 Å². The molecule has 0 aliphatic heterocycles. The Balaban J connectivity index is 1.56. The van der Waals surface area contributed by atoms with Crippen molar-refractivity contribution in [3.8, 4) is 0 Å². The summed E-state index contributed by atoms with van der Waals surface area (Å²) in [5, 5.41) is 2.97. The largest absolute Gasteiger partial charge is 0.444 e. The number of aryl methyl sites for hydroxylation is 1. The molecule has 0 bridgehead atoms. The third-order valence-corrected chi connectivity index (χ3v) is 5.47. The van der Waals surface area contributed by atoms with E-state index in [9.17, 15) is 9.59 Å². The second-order valence-electron chi connectivity index (χ2n) is 7.66. The van der Waals surface area contributed by atoms with Crippen LogP contribution in [0.15, 0.2) is 6.07 Å². The Morgan fingerprint density at radius 2 is 2.04 bits per heavy atom. The van der Waals surface area contributed by atoms with Gasteiger partial charge in [0.1, 0.15) is 11.4 Å². The molecule has 0 saturated heterocycles. The third-order valence-electron chi connectivity index (χ3n) is 4.24. The van der Waals surface area contributed by atoms with Gasteiger partial charge in [-0.15, -0.1) is 11.3 Å². The summed E-state index contributed by atoms with van der Waals surface area (Å²) in [5.41, 5.74) is 0.823. The van der Waals surface area contributed by atoms with Gasteiger partial charge in [-0.2, -0.15) is 0 Å². The molecule has 1 amide bonds. The first-order valence-electron chi connectivity index (χ1n) is 8.43. The standard InChI is InChI=1S/C18H25NO3S/c1-18(2,3)22-17(21)19-13-6-7-16-12(8-13)9-14(23-16)10-15(20)11-4-5-11/h9,11,13H,4-8,10H2,1-3H3,(H,19,21). The van der Waals surface area contributed by atoms with Crippen LogP contribution in [0.3, 0.4) is 0 Å². The minimum Gasteiger partial charge on any atom is -0.444 e. The smallest absolute Gasteiger partial charge is 0.407 e. The zero-order chi connectivity index (χ0) is 16.6. The second kappa shape index (κ2) is 6.27. The molecule has 2 aliphatic rings. The van der Waals surface area contributed by atoms with Crippen molar-refractivity contribution in [1.82, 2.24) is 5.32 Å². The highest BCUT2D eigenvalue weighted by Gasteiger charge is 2.30. The molecule has 1 aromatic rings. The number of carbonyl (C=O) groups excluding carboxylic acids is 2. The highest BCUT2D eigenvalue weighted by Crippen LogP contribution is 2.34. The number of rotatable bonds is 4. The van der Waals surface area contributed by atoms with E-state index in [0.717, 1.165) is 32.1 Å². The molecular weight excluding hydrogens is 310 g/mol. The maximum Gasteiger partial charge on any atom is 0.407 e. The van der Waals surface area contributed by atoms with Crippen LogP contribution in [0.25, 0.3) is 0 Å². The molecule has 0 aromatic carbocycles. The molecular formula is C18H25NO3S. The summed E-state index contributed by atoms with van der Waals surface area (Å²) in [6.07, 6.45) is 5.14. The van der Waals surface area contributed by atoms with Gasteiger partial charge in [-0.3, -0.25) is 4.79 Å². The predicted octanol–water partition coefficient (Wildman–Crippen LogP) is 3.65. The number of amides is 1. The summed E-state index contributed by atoms with van der Waals surface area (Å²) in [5.74, 6) is 0.725. The van der Waals surface area contributed by atoms with Gasteiger partial charge in [0.25, 0.3) is 0 Å². The third kappa shape index (κ3) is 4.56. The molecule has 1 atom stereocenters. The van der Waals surface area contributed by atoms with E-state index in [1.807, 2.05) is 20.8 Å². The van der Waals surface area contributed by atoms with Crippen LogP contribution in [0.1, 0.15) is 55.4 Å². The van der Waals surface area contributed by atoms with E-state index < -0.39 is 5.60 Å². The van der Waals surface area contributed by atoms with Crippen molar-refractivity contribution in [1.29, 1.82) is 0 Å². The normalized spacial score (nSPS) is 20.7. The lowest BCUT2D eigenvalue weighted by Gasteiger charge is -2.26. The summed E-state index contributed by atoms with van der Waals surface area (Å²) in [6.45, 7) is 5.61. The second-order valence-corrected chi connectivity index (χ2v) is 8.89. The number of hydrogen-bond acceptors (Lipinski definition) is 4. The molecule has 4 nitrogen and oxygen atoms in total. The van der Waals surface area contributed by atoms with Crippen LogP contribution in [0.4, 0.5) is 4.79 Å². The number of fused-ring (bicyclic) bond motifs is 1. The van der Waals surface area contributed by atoms with Crippen LogP contribution in [-0.4, -0.2) is 23.5 Å². The van der Waals surface area contributed by atoms with Crippen molar-refractivity contribution < 1.29 is 14.3 Å². The van der Waals surface area contributed by atoms with Crippen molar-refractivity contribution in [3.63, 3.8) is 0 Å². The molecule has 1 heterocycles. The molecule has 0 radical (unpaired) electrons. The summed E-state index contributed by atoms with van der Waals surface area (Å²) >= 11 is 1.77. The number of alkyl carbamates (subject to hydrolysis) is 1. The zero-order valence-corrected chi connectivity index (χ0v) is 14.9. The lowest BCUT2D eigenvalue weighted by Crippen LogP contribution is -2.41. The molecule has 5 heteroatoms. The Morgan fingerprint density at radius 3 is 2.70 bits per heavy atom. The van der Waals surface area contributed by atoms with Crippen molar-refractivity contribution in [2.75, 3.05) is 0 Å². The van der Waals surface area contributed by atoms with Crippen LogP contribution in [0.2, 0.25) is 0 Å². The maximum atomic E-state index is 12.0. The molecule has 1 aromatic heterocycles. The van der Waals surface area contributed by atoms with Gasteiger partial charge in [0, 0.05) is 28.1 Å². The topological polar surface area (TPSA) is 55.4 Å². The van der Waals surface area contributed by atoms with Gasteiger partial charge in [-0.05, 0) is 64.5 Å². The van der Waals surface area contributed by atoms with Gasteiger partial charge in [-0.1, -0.05) is 0 Å². The Labute approximate surface area is 141 Å². The Morgan fingerprint density at radius 1 is 1.30 bits per heavy atom. The molecule has 1 saturated carbocycles. The molecule has 3 rings (SSSR count). The SMILES string of the molecule is CC(C)(C)OC(=O)NC1CCc2sc(CC(=O)C3CC3)cc2C1. The lowest BCUT2D eigenvalue weighted by molar-refractivity contribution is -0.119. The minimum atomic E-state index is -0.470. The van der Waals surface area contributed by atoms with Crippen molar-refractivity contribution in [2.24, 2.45) is 5.92 Å². The average Bonchev–Trinajstić information content (AvgIpc) is 3.18. The first-order chi connectivity index (χ1) is 10.8. The highest BCUT2D eigenvalue weighted by atomic mass is 32.1. The van der Waals surface area contributed by atoms with Crippen molar-refractivity contribution in [3.05, 3.63) is 21.4 Å². The van der Waals surface area contributed by atoms with Crippen LogP contribution in [-0.2, 0) is 28.8 Å². The monoisotopic (exact) mass is 335 g/mol. The van der Waals surface area contributed by atoms with Gasteiger partial charge < -0.3 is 10.1 Å². The zero-order valence-electron chi connectivity index (χ0n) is 14.1. The van der Waals surface area contributed by atoms with E-state index in [4.69, 9.17) is 4.74 Å². The molecule has 126 valence electrons. The van der Waals surface area contributed by atoms with Gasteiger partial charge >= 0.3 is 6.09 Å². The molecule has 23 heavy (non-hydrogen) atoms. The Bertz CT molecular complexity index is 610. The van der Waals surface area contributed by atoms with Crippen LogP contribution < -0.4 is 5.32 Å². The number of ketones is 1. The molecule has 1 unspecified atom stereocenters. The Kier molecular flexibility index (Phi) is 4.50. The summed E-state index contributed by atoms with van der Waals surface area (Å²) in [7, 11) is 0. The van der Waals surface area contributed by atoms with Crippen LogP contribution >= 0.6 is 11.3 Å². The fourth-order valence-corrected chi connectivity index (χ4v) is 4.22. The van der Waals surface area contributed by atoms with E-state index in [0.29, 0.717) is 18.1 Å². The fraction of sp³-hybridized carbons (Fsp3) is 0.667. The van der Waals surface area contributed by atoms with Crippen LogP contribution in [0, 0.1) is 5.92 Å². The average molecular weight is 335 g/mol. The number of thiophene rings is 1. The van der Waals surface area contributed by atoms with E-state index in [2.05, 4.69) is 11.4 Å². The van der Waals surface area contributed by atoms with E-state index in [-0.39, 0.29) is 12.1 Å². The summed E-state index contributed by atoms with van der Waals surface area (Å²) in [4.78, 5) is 26.4. The number of ether oxygens (including phenoxy) is 1. The molecule has 1 fully saturated rings. The molecule has 2 aliphatic carbocycles. The summed E-state index contributed by atoms with van der Waals surface area (Å²) in [6, 6.07) is 2.29. The first kappa shape index (κ1) is 16.5. The van der Waals surface area contributed by atoms with Gasteiger partial charge in [0.2, 0.25) is 0 Å². The maximum absolute atomic E-state index is 12.0. The molecule has 0 spiro atoms. The number of nitrogens with one attached hydrogen (secondary N) is 1. The van der Waals surface area contributed by atoms with Crippen LogP contribution in [0.5, 0.6) is 0 Å². The quantitative estimate of drug-likeness (QED) is 0.914. The number of hydrogen-bond donors (Lipinski definition) is 1. The Hall–Kier alpha value is -1.36. The van der Waals surface area contributed by atoms with Crippen molar-refractivity contribution >= 4 is 23.2 Å². The van der Waals surface area contributed by atoms with Crippen molar-refractivity contribution in [2.45, 2.75) is 70.9 Å². The van der Waals surface area contributed by atoms with Gasteiger partial charge in [-0.25, -0.2) is 4.79 Å². The lowest BCUT2D eigenvalue weighted by atomic mass is 9.94. The van der Waals surface area contributed by atoms with E-state index in [1.54, 1.807) is 11.3 Å². The predicted molar refractivity (Wildman–Crippen MR) is 90.9 cm³/mol. The molecule has 1 N–H and O–H groups in total.